The number of hydrogen-bond donors (Lipinski definition) is 4. The van der Waals surface area contributed by atoms with Crippen molar-refractivity contribution in [1.82, 2.24) is 19.9 Å². The van der Waals surface area contributed by atoms with Gasteiger partial charge in [0, 0.05) is 43.2 Å². The van der Waals surface area contributed by atoms with Crippen molar-refractivity contribution in [2.45, 2.75) is 61.9 Å². The van der Waals surface area contributed by atoms with E-state index in [1.54, 1.807) is 6.07 Å². The van der Waals surface area contributed by atoms with Gasteiger partial charge in [-0.1, -0.05) is 0 Å². The maximum atomic E-state index is 15.0. The Labute approximate surface area is 207 Å². The van der Waals surface area contributed by atoms with Crippen LogP contribution in [0, 0.1) is 5.82 Å². The predicted octanol–water partition coefficient (Wildman–Crippen LogP) is 2.23. The van der Waals surface area contributed by atoms with Crippen molar-refractivity contribution >= 4 is 22.5 Å². The number of aromatic nitrogens is 3. The summed E-state index contributed by atoms with van der Waals surface area (Å²) in [5.74, 6) is 0.311. The lowest BCUT2D eigenvalue weighted by atomic mass is 9.67. The molecule has 9 nitrogen and oxygen atoms in total. The van der Waals surface area contributed by atoms with Crippen molar-refractivity contribution in [2.75, 3.05) is 30.3 Å². The van der Waals surface area contributed by atoms with Gasteiger partial charge in [0.1, 0.15) is 17.2 Å². The number of rotatable bonds is 5. The molecular weight excluding hydrogens is 463 g/mol. The SMILES string of the molecule is O=c1ccc2ncc(F)c3c2n1C[C@@]3(O)CC12CCC(NCc3ccc4c(n3)NCCN4)(CC1)CO2. The zero-order chi connectivity index (χ0) is 24.5. The quantitative estimate of drug-likeness (QED) is 0.429. The average molecular weight is 493 g/mol. The summed E-state index contributed by atoms with van der Waals surface area (Å²) in [4.78, 5) is 21.4. The van der Waals surface area contributed by atoms with E-state index in [-0.39, 0.29) is 29.6 Å². The molecule has 0 radical (unpaired) electrons. The van der Waals surface area contributed by atoms with Gasteiger partial charge in [0.05, 0.1) is 47.4 Å². The Kier molecular flexibility index (Phi) is 4.74. The van der Waals surface area contributed by atoms with E-state index in [9.17, 15) is 14.3 Å². The number of aliphatic hydroxyl groups is 1. The Morgan fingerprint density at radius 2 is 1.97 bits per heavy atom. The molecule has 4 N–H and O–H groups in total. The van der Waals surface area contributed by atoms with Crippen LogP contribution in [0.2, 0.25) is 0 Å². The Bertz CT molecular complexity index is 1420. The Hall–Kier alpha value is -3.08. The lowest BCUT2D eigenvalue weighted by molar-refractivity contribution is -0.192. The fourth-order valence-corrected chi connectivity index (χ4v) is 6.61. The summed E-state index contributed by atoms with van der Waals surface area (Å²) in [6.07, 6.45) is 4.69. The predicted molar refractivity (Wildman–Crippen MR) is 132 cm³/mol. The first kappa shape index (κ1) is 22.1. The minimum atomic E-state index is -1.52. The van der Waals surface area contributed by atoms with Crippen LogP contribution in [0.1, 0.15) is 43.4 Å². The van der Waals surface area contributed by atoms with E-state index < -0.39 is 17.0 Å². The molecule has 7 heterocycles. The van der Waals surface area contributed by atoms with Crippen LogP contribution in [-0.2, 0) is 23.4 Å². The third kappa shape index (κ3) is 3.35. The number of ether oxygens (including phenoxy) is 1. The Morgan fingerprint density at radius 1 is 1.14 bits per heavy atom. The first-order valence-electron chi connectivity index (χ1n) is 12.7. The molecular formula is C26H29FN6O3. The van der Waals surface area contributed by atoms with Crippen LogP contribution in [0.15, 0.2) is 35.3 Å². The number of halogens is 1. The second kappa shape index (κ2) is 7.71. The summed E-state index contributed by atoms with van der Waals surface area (Å²) in [5, 5.41) is 22.2. The highest BCUT2D eigenvalue weighted by Gasteiger charge is 2.55. The number of anilines is 2. The molecule has 8 rings (SSSR count). The summed E-state index contributed by atoms with van der Waals surface area (Å²) in [6, 6.07) is 7.11. The highest BCUT2D eigenvalue weighted by atomic mass is 19.1. The summed E-state index contributed by atoms with van der Waals surface area (Å²) >= 11 is 0. The van der Waals surface area contributed by atoms with E-state index in [0.717, 1.165) is 62.2 Å². The third-order valence-electron chi connectivity index (χ3n) is 8.56. The van der Waals surface area contributed by atoms with Gasteiger partial charge >= 0.3 is 0 Å². The second-order valence-electron chi connectivity index (χ2n) is 10.8. The maximum absolute atomic E-state index is 15.0. The van der Waals surface area contributed by atoms with E-state index in [1.165, 1.54) is 10.6 Å². The largest absolute Gasteiger partial charge is 0.383 e. The maximum Gasteiger partial charge on any atom is 0.251 e. The van der Waals surface area contributed by atoms with Crippen LogP contribution >= 0.6 is 0 Å². The number of fused-ring (bicyclic) bond motifs is 4. The van der Waals surface area contributed by atoms with E-state index in [4.69, 9.17) is 9.72 Å². The number of nitrogens with one attached hydrogen (secondary N) is 3. The molecule has 10 heteroatoms. The van der Waals surface area contributed by atoms with Gasteiger partial charge in [-0.05, 0) is 43.9 Å². The highest BCUT2D eigenvalue weighted by Crippen LogP contribution is 2.51. The Morgan fingerprint density at radius 3 is 2.78 bits per heavy atom. The van der Waals surface area contributed by atoms with Crippen LogP contribution in [-0.4, -0.2) is 50.5 Å². The van der Waals surface area contributed by atoms with Crippen molar-refractivity contribution in [3.8, 4) is 0 Å². The van der Waals surface area contributed by atoms with E-state index in [1.807, 2.05) is 6.07 Å². The molecule has 1 aliphatic carbocycles. The average Bonchev–Trinajstić information content (AvgIpc) is 3.21. The molecule has 4 aliphatic heterocycles. The Balaban J connectivity index is 1.08. The standard InChI is InChI=1S/C26H29FN6O3/c27-17-12-30-18-3-4-20(34)33-14-26(35,21(17)22(18)33)13-25-7-5-24(6-8-25,15-36-25)31-11-16-1-2-19-23(32-16)29-10-9-28-19/h1-4,12,28,31,35H,5-11,13-15H2,(H,29,32)/t24?,25?,26-/m0/s1. The number of hydrogen-bond acceptors (Lipinski definition) is 8. The molecule has 3 aromatic heterocycles. The molecule has 2 saturated heterocycles. The molecule has 36 heavy (non-hydrogen) atoms. The number of nitrogens with zero attached hydrogens (tertiary/aromatic N) is 3. The minimum Gasteiger partial charge on any atom is -0.383 e. The molecule has 0 amide bonds. The normalized spacial score (nSPS) is 30.2. The van der Waals surface area contributed by atoms with E-state index in [2.05, 4.69) is 27.0 Å². The molecule has 0 spiro atoms. The van der Waals surface area contributed by atoms with Gasteiger partial charge in [-0.2, -0.15) is 0 Å². The lowest BCUT2D eigenvalue weighted by Crippen LogP contribution is -2.62. The zero-order valence-electron chi connectivity index (χ0n) is 19.9. The van der Waals surface area contributed by atoms with Gasteiger partial charge in [0.25, 0.3) is 5.56 Å². The summed E-state index contributed by atoms with van der Waals surface area (Å²) in [5.41, 5.74) is 0.616. The first-order valence-corrected chi connectivity index (χ1v) is 12.7. The van der Waals surface area contributed by atoms with Crippen LogP contribution in [0.4, 0.5) is 15.9 Å². The lowest BCUT2D eigenvalue weighted by Gasteiger charge is -2.55. The van der Waals surface area contributed by atoms with Crippen LogP contribution in [0.3, 0.4) is 0 Å². The molecule has 1 atom stereocenters. The smallest absolute Gasteiger partial charge is 0.251 e. The van der Waals surface area contributed by atoms with Crippen molar-refractivity contribution in [2.24, 2.45) is 0 Å². The molecule has 5 aliphatic rings. The zero-order valence-corrected chi connectivity index (χ0v) is 19.9. The van der Waals surface area contributed by atoms with Gasteiger partial charge in [-0.15, -0.1) is 0 Å². The third-order valence-corrected chi connectivity index (χ3v) is 8.56. The minimum absolute atomic E-state index is 0.0164. The first-order chi connectivity index (χ1) is 17.4. The van der Waals surface area contributed by atoms with Gasteiger partial charge in [0.15, 0.2) is 0 Å². The summed E-state index contributed by atoms with van der Waals surface area (Å²) in [6.45, 7) is 2.94. The van der Waals surface area contributed by atoms with Crippen LogP contribution in [0.5, 0.6) is 0 Å². The molecule has 1 saturated carbocycles. The fraction of sp³-hybridized carbons (Fsp3) is 0.500. The molecule has 3 aromatic rings. The van der Waals surface area contributed by atoms with Crippen LogP contribution in [0.25, 0.3) is 11.0 Å². The topological polar surface area (TPSA) is 113 Å². The van der Waals surface area contributed by atoms with Crippen molar-refractivity contribution in [3.63, 3.8) is 0 Å². The number of pyridine rings is 3. The van der Waals surface area contributed by atoms with Gasteiger partial charge in [0.2, 0.25) is 0 Å². The van der Waals surface area contributed by atoms with E-state index >= 15 is 0 Å². The van der Waals surface area contributed by atoms with E-state index in [0.29, 0.717) is 24.2 Å². The van der Waals surface area contributed by atoms with Crippen LogP contribution < -0.4 is 21.5 Å². The van der Waals surface area contributed by atoms with Crippen molar-refractivity contribution in [1.29, 1.82) is 0 Å². The molecule has 0 aromatic carbocycles. The molecule has 2 bridgehead atoms. The fourth-order valence-electron chi connectivity index (χ4n) is 6.61. The monoisotopic (exact) mass is 492 g/mol. The van der Waals surface area contributed by atoms with Crippen molar-refractivity contribution < 1.29 is 14.2 Å². The van der Waals surface area contributed by atoms with Gasteiger partial charge in [-0.25, -0.2) is 9.37 Å². The second-order valence-corrected chi connectivity index (χ2v) is 10.8. The van der Waals surface area contributed by atoms with Gasteiger partial charge < -0.3 is 30.4 Å². The van der Waals surface area contributed by atoms with Crippen molar-refractivity contribution in [3.05, 3.63) is 57.9 Å². The molecule has 0 unspecified atom stereocenters. The summed E-state index contributed by atoms with van der Waals surface area (Å²) < 4.78 is 22.9. The molecule has 3 fully saturated rings. The summed E-state index contributed by atoms with van der Waals surface area (Å²) in [7, 11) is 0. The highest BCUT2D eigenvalue weighted by molar-refractivity contribution is 5.81. The molecule has 188 valence electrons. The van der Waals surface area contributed by atoms with Gasteiger partial charge in [-0.3, -0.25) is 9.78 Å².